The minimum Gasteiger partial charge on any atom is -0.481 e. The second-order valence-electron chi connectivity index (χ2n) is 4.51. The van der Waals surface area contributed by atoms with Crippen LogP contribution in [0.2, 0.25) is 0 Å². The van der Waals surface area contributed by atoms with Crippen molar-refractivity contribution in [1.29, 1.82) is 0 Å². The van der Waals surface area contributed by atoms with Gasteiger partial charge in [0.15, 0.2) is 0 Å². The van der Waals surface area contributed by atoms with Gasteiger partial charge in [-0.2, -0.15) is 0 Å². The lowest BCUT2D eigenvalue weighted by Gasteiger charge is -2.02. The van der Waals surface area contributed by atoms with Crippen molar-refractivity contribution in [1.82, 2.24) is 10.2 Å². The molecule has 0 bridgehead atoms. The molecule has 1 aromatic heterocycles. The highest BCUT2D eigenvalue weighted by molar-refractivity contribution is 9.10. The molecule has 0 aliphatic heterocycles. The lowest BCUT2D eigenvalue weighted by molar-refractivity contribution is -0.137. The molecule has 0 unspecified atom stereocenters. The molecule has 0 radical (unpaired) electrons. The summed E-state index contributed by atoms with van der Waals surface area (Å²) < 4.78 is 6.62. The molecule has 0 saturated carbocycles. The lowest BCUT2D eigenvalue weighted by Crippen LogP contribution is -1.95. The maximum Gasteiger partial charge on any atom is 0.303 e. The first-order valence-corrected chi connectivity index (χ1v) is 7.17. The topological polar surface area (TPSA) is 76.2 Å². The molecule has 0 aliphatic carbocycles. The number of hydrogen-bond acceptors (Lipinski definition) is 4. The molecule has 1 N–H and O–H groups in total. The molecule has 2 aromatic rings. The number of aryl methyl sites for hydroxylation is 1. The number of carboxylic acids is 1. The van der Waals surface area contributed by atoms with Crippen LogP contribution in [-0.2, 0) is 11.2 Å². The normalized spacial score (nSPS) is 10.7. The van der Waals surface area contributed by atoms with Gasteiger partial charge in [-0.15, -0.1) is 10.2 Å². The Kier molecular flexibility index (Phi) is 4.89. The predicted molar refractivity (Wildman–Crippen MR) is 77.4 cm³/mol. The van der Waals surface area contributed by atoms with Crippen LogP contribution in [0.1, 0.15) is 30.7 Å². The third-order valence-corrected chi connectivity index (χ3v) is 3.86. The second-order valence-corrected chi connectivity index (χ2v) is 5.37. The number of unbranched alkanes of at least 4 members (excludes halogenated alkanes) is 1. The molecule has 0 saturated heterocycles. The van der Waals surface area contributed by atoms with Crippen LogP contribution in [0.4, 0.5) is 0 Å². The Morgan fingerprint density at radius 3 is 2.90 bits per heavy atom. The van der Waals surface area contributed by atoms with E-state index in [9.17, 15) is 4.79 Å². The summed E-state index contributed by atoms with van der Waals surface area (Å²) in [6.07, 6.45) is 2.12. The van der Waals surface area contributed by atoms with Gasteiger partial charge in [0.1, 0.15) is 0 Å². The van der Waals surface area contributed by atoms with Crippen molar-refractivity contribution in [3.63, 3.8) is 0 Å². The molecule has 5 nitrogen and oxygen atoms in total. The minimum atomic E-state index is -0.777. The van der Waals surface area contributed by atoms with E-state index in [0.717, 1.165) is 22.0 Å². The van der Waals surface area contributed by atoms with E-state index >= 15 is 0 Å². The Labute approximate surface area is 125 Å². The zero-order chi connectivity index (χ0) is 14.5. The molecule has 20 heavy (non-hydrogen) atoms. The molecule has 1 aromatic carbocycles. The standard InChI is InChI=1S/C14H15BrN2O3/c1-9-10(5-4-6-11(9)15)14-17-16-12(20-14)7-2-3-8-13(18)19/h4-6H,2-3,7-8H2,1H3,(H,18,19). The van der Waals surface area contributed by atoms with Crippen molar-refractivity contribution >= 4 is 21.9 Å². The molecule has 1 heterocycles. The SMILES string of the molecule is Cc1c(Br)cccc1-c1nnc(CCCCC(=O)O)o1. The highest BCUT2D eigenvalue weighted by Gasteiger charge is 2.12. The van der Waals surface area contributed by atoms with Gasteiger partial charge in [-0.3, -0.25) is 4.79 Å². The number of aromatic nitrogens is 2. The van der Waals surface area contributed by atoms with Crippen molar-refractivity contribution in [2.75, 3.05) is 0 Å². The molecule has 0 amide bonds. The van der Waals surface area contributed by atoms with E-state index in [1.165, 1.54) is 0 Å². The summed E-state index contributed by atoms with van der Waals surface area (Å²) in [5.74, 6) is 0.266. The Hall–Kier alpha value is -1.69. The van der Waals surface area contributed by atoms with Gasteiger partial charge in [0.2, 0.25) is 11.8 Å². The molecule has 6 heteroatoms. The van der Waals surface area contributed by atoms with Crippen molar-refractivity contribution in [2.45, 2.75) is 32.6 Å². The summed E-state index contributed by atoms with van der Waals surface area (Å²) >= 11 is 3.47. The third-order valence-electron chi connectivity index (χ3n) is 3.00. The van der Waals surface area contributed by atoms with Gasteiger partial charge in [0.05, 0.1) is 0 Å². The molecular weight excluding hydrogens is 324 g/mol. The molecule has 106 valence electrons. The van der Waals surface area contributed by atoms with E-state index in [2.05, 4.69) is 26.1 Å². The van der Waals surface area contributed by atoms with Crippen LogP contribution in [0.5, 0.6) is 0 Å². The average molecular weight is 339 g/mol. The maximum absolute atomic E-state index is 10.4. The minimum absolute atomic E-state index is 0.172. The number of hydrogen-bond donors (Lipinski definition) is 1. The Balaban J connectivity index is 2.02. The smallest absolute Gasteiger partial charge is 0.303 e. The zero-order valence-corrected chi connectivity index (χ0v) is 12.7. The third kappa shape index (κ3) is 3.66. The van der Waals surface area contributed by atoms with Gasteiger partial charge in [-0.25, -0.2) is 0 Å². The molecule has 2 rings (SSSR count). The molecular formula is C14H15BrN2O3. The first kappa shape index (κ1) is 14.7. The van der Waals surface area contributed by atoms with Gasteiger partial charge >= 0.3 is 5.97 Å². The Morgan fingerprint density at radius 1 is 1.35 bits per heavy atom. The molecule has 0 spiro atoms. The average Bonchev–Trinajstić information content (AvgIpc) is 2.86. The molecule has 0 aliphatic rings. The largest absolute Gasteiger partial charge is 0.481 e. The van der Waals surface area contributed by atoms with Gasteiger partial charge < -0.3 is 9.52 Å². The van der Waals surface area contributed by atoms with Crippen LogP contribution in [0, 0.1) is 6.92 Å². The van der Waals surface area contributed by atoms with Crippen LogP contribution < -0.4 is 0 Å². The second kappa shape index (κ2) is 6.65. The zero-order valence-electron chi connectivity index (χ0n) is 11.1. The van der Waals surface area contributed by atoms with Gasteiger partial charge in [-0.05, 0) is 37.5 Å². The number of carbonyl (C=O) groups is 1. The molecule has 0 fully saturated rings. The number of aliphatic carboxylic acids is 1. The number of carboxylic acid groups (broad SMARTS) is 1. The van der Waals surface area contributed by atoms with Gasteiger partial charge in [-0.1, -0.05) is 22.0 Å². The number of halogens is 1. The van der Waals surface area contributed by atoms with E-state index in [1.807, 2.05) is 25.1 Å². The Morgan fingerprint density at radius 2 is 2.15 bits per heavy atom. The highest BCUT2D eigenvalue weighted by Crippen LogP contribution is 2.27. The first-order valence-electron chi connectivity index (χ1n) is 6.37. The van der Waals surface area contributed by atoms with Gasteiger partial charge in [0.25, 0.3) is 0 Å². The van der Waals surface area contributed by atoms with Gasteiger partial charge in [0, 0.05) is 22.9 Å². The van der Waals surface area contributed by atoms with E-state index in [4.69, 9.17) is 9.52 Å². The van der Waals surface area contributed by atoms with Crippen molar-refractivity contribution in [2.24, 2.45) is 0 Å². The van der Waals surface area contributed by atoms with E-state index in [-0.39, 0.29) is 6.42 Å². The summed E-state index contributed by atoms with van der Waals surface area (Å²) in [6.45, 7) is 1.98. The van der Waals surface area contributed by atoms with Crippen molar-refractivity contribution in [3.8, 4) is 11.5 Å². The number of benzene rings is 1. The van der Waals surface area contributed by atoms with E-state index in [0.29, 0.717) is 24.6 Å². The van der Waals surface area contributed by atoms with Crippen LogP contribution in [0.3, 0.4) is 0 Å². The van der Waals surface area contributed by atoms with E-state index in [1.54, 1.807) is 0 Å². The van der Waals surface area contributed by atoms with Crippen molar-refractivity contribution in [3.05, 3.63) is 34.1 Å². The van der Waals surface area contributed by atoms with Crippen molar-refractivity contribution < 1.29 is 14.3 Å². The maximum atomic E-state index is 10.4. The van der Waals surface area contributed by atoms with Crippen LogP contribution in [0.15, 0.2) is 27.1 Å². The first-order chi connectivity index (χ1) is 9.58. The summed E-state index contributed by atoms with van der Waals surface area (Å²) in [4.78, 5) is 10.4. The summed E-state index contributed by atoms with van der Waals surface area (Å²) in [5.41, 5.74) is 1.96. The fourth-order valence-electron chi connectivity index (χ4n) is 1.86. The number of rotatable bonds is 6. The summed E-state index contributed by atoms with van der Waals surface area (Å²) in [5, 5.41) is 16.6. The molecule has 0 atom stereocenters. The Bertz CT molecular complexity index is 610. The monoisotopic (exact) mass is 338 g/mol. The quantitative estimate of drug-likeness (QED) is 0.814. The predicted octanol–water partition coefficient (Wildman–Crippen LogP) is 3.60. The highest BCUT2D eigenvalue weighted by atomic mass is 79.9. The summed E-state index contributed by atoms with van der Waals surface area (Å²) in [7, 11) is 0. The van der Waals surface area contributed by atoms with Crippen LogP contribution >= 0.6 is 15.9 Å². The fraction of sp³-hybridized carbons (Fsp3) is 0.357. The van der Waals surface area contributed by atoms with Crippen LogP contribution in [-0.4, -0.2) is 21.3 Å². The fourth-order valence-corrected chi connectivity index (χ4v) is 2.22. The lowest BCUT2D eigenvalue weighted by atomic mass is 10.1. The van der Waals surface area contributed by atoms with Crippen LogP contribution in [0.25, 0.3) is 11.5 Å². The summed E-state index contributed by atoms with van der Waals surface area (Å²) in [6, 6.07) is 5.81. The number of nitrogens with zero attached hydrogens (tertiary/aromatic N) is 2. The van der Waals surface area contributed by atoms with E-state index < -0.39 is 5.97 Å².